The molecule has 2 aromatic carbocycles. The Morgan fingerprint density at radius 3 is 2.62 bits per heavy atom. The van der Waals surface area contributed by atoms with Gasteiger partial charge < -0.3 is 9.64 Å². The van der Waals surface area contributed by atoms with Crippen molar-refractivity contribution in [2.75, 3.05) is 26.0 Å². The summed E-state index contributed by atoms with van der Waals surface area (Å²) in [5.41, 5.74) is 0.638. The minimum atomic E-state index is -3.55. The first-order valence-corrected chi connectivity index (χ1v) is 10.8. The number of hydrogen-bond donors (Lipinski definition) is 0. The van der Waals surface area contributed by atoms with Crippen molar-refractivity contribution in [3.05, 3.63) is 63.6 Å². The molecule has 2 rings (SSSR count). The number of rotatable bonds is 8. The molecule has 0 atom stereocenters. The predicted molar refractivity (Wildman–Crippen MR) is 106 cm³/mol. The largest absolute Gasteiger partial charge is 0.492 e. The van der Waals surface area contributed by atoms with Gasteiger partial charge in [0.1, 0.15) is 18.1 Å². The van der Waals surface area contributed by atoms with Crippen molar-refractivity contribution in [3.63, 3.8) is 0 Å². The van der Waals surface area contributed by atoms with Gasteiger partial charge >= 0.3 is 0 Å². The molecule has 0 saturated heterocycles. The summed E-state index contributed by atoms with van der Waals surface area (Å²) in [5.74, 6) is -0.576. The molecule has 0 N–H and O–H groups in total. The molecule has 8 heteroatoms. The highest BCUT2D eigenvalue weighted by Gasteiger charge is 2.20. The average Bonchev–Trinajstić information content (AvgIpc) is 2.53. The second-order valence-electron chi connectivity index (χ2n) is 5.78. The summed E-state index contributed by atoms with van der Waals surface area (Å²) in [5, 5.41) is 0.561. The Kier molecular flexibility index (Phi) is 7.49. The lowest BCUT2D eigenvalue weighted by molar-refractivity contribution is -0.127. The average molecular weight is 461 g/mol. The molecule has 0 unspecified atom stereocenters. The van der Waals surface area contributed by atoms with E-state index in [9.17, 15) is 13.2 Å². The highest BCUT2D eigenvalue weighted by Crippen LogP contribution is 2.17. The van der Waals surface area contributed by atoms with Gasteiger partial charge in [0.25, 0.3) is 0 Å². The van der Waals surface area contributed by atoms with Crippen molar-refractivity contribution in [1.82, 2.24) is 4.90 Å². The summed E-state index contributed by atoms with van der Waals surface area (Å²) < 4.78 is 30.8. The van der Waals surface area contributed by atoms with E-state index in [0.29, 0.717) is 16.3 Å². The molecule has 5 nitrogen and oxygen atoms in total. The molecule has 1 amide bonds. The van der Waals surface area contributed by atoms with Crippen LogP contribution in [0.1, 0.15) is 5.56 Å². The second-order valence-corrected chi connectivity index (χ2v) is 9.20. The number of sulfone groups is 1. The number of carbonyl (C=O) groups is 1. The summed E-state index contributed by atoms with van der Waals surface area (Å²) in [6, 6.07) is 14.0. The molecule has 0 aliphatic heterocycles. The molecule has 0 aliphatic carbocycles. The summed E-state index contributed by atoms with van der Waals surface area (Å²) in [6.45, 7) is 0.520. The number of hydrogen-bond acceptors (Lipinski definition) is 4. The fraction of sp³-hybridized carbons (Fsp3) is 0.278. The fourth-order valence-electron chi connectivity index (χ4n) is 2.21. The van der Waals surface area contributed by atoms with E-state index in [1.807, 2.05) is 6.07 Å². The van der Waals surface area contributed by atoms with E-state index in [-0.39, 0.29) is 18.9 Å². The monoisotopic (exact) mass is 459 g/mol. The third-order valence-corrected chi connectivity index (χ3v) is 5.72. The smallest absolute Gasteiger partial charge is 0.237 e. The fourth-order valence-corrected chi connectivity index (χ4v) is 4.22. The van der Waals surface area contributed by atoms with Gasteiger partial charge in [-0.15, -0.1) is 0 Å². The van der Waals surface area contributed by atoms with Crippen LogP contribution in [0.25, 0.3) is 0 Å². The summed E-state index contributed by atoms with van der Waals surface area (Å²) >= 11 is 9.18. The Morgan fingerprint density at radius 1 is 1.19 bits per heavy atom. The van der Waals surface area contributed by atoms with E-state index in [4.69, 9.17) is 16.3 Å². The maximum absolute atomic E-state index is 12.3. The molecule has 0 aliphatic rings. The number of benzene rings is 2. The second kappa shape index (κ2) is 9.39. The normalized spacial score (nSPS) is 11.2. The first kappa shape index (κ1) is 20.7. The van der Waals surface area contributed by atoms with Gasteiger partial charge in [-0.3, -0.25) is 4.79 Å². The molecule has 0 saturated carbocycles. The van der Waals surface area contributed by atoms with Crippen molar-refractivity contribution in [3.8, 4) is 5.75 Å². The third-order valence-electron chi connectivity index (χ3n) is 3.54. The van der Waals surface area contributed by atoms with Crippen LogP contribution >= 0.6 is 27.5 Å². The molecule has 0 heterocycles. The van der Waals surface area contributed by atoms with E-state index in [1.165, 1.54) is 4.90 Å². The number of ether oxygens (including phenoxy) is 1. The van der Waals surface area contributed by atoms with Crippen LogP contribution in [0.2, 0.25) is 5.02 Å². The van der Waals surface area contributed by atoms with Crippen LogP contribution in [-0.4, -0.2) is 45.2 Å². The standard InChI is InChI=1S/C18H19BrClNO4S/c1-21(8-9-25-17-7-3-6-16(20)11-17)18(22)13-26(23,24)12-14-4-2-5-15(19)10-14/h2-7,10-11H,8-9,12-13H2,1H3. The van der Waals surface area contributed by atoms with Crippen LogP contribution in [0.5, 0.6) is 5.75 Å². The summed E-state index contributed by atoms with van der Waals surface area (Å²) in [6.07, 6.45) is 0. The maximum atomic E-state index is 12.3. The van der Waals surface area contributed by atoms with Crippen LogP contribution < -0.4 is 4.74 Å². The molecule has 0 aromatic heterocycles. The van der Waals surface area contributed by atoms with Crippen LogP contribution in [-0.2, 0) is 20.4 Å². The molecule has 0 bridgehead atoms. The zero-order valence-electron chi connectivity index (χ0n) is 14.2. The molecule has 140 valence electrons. The Labute approximate surface area is 167 Å². The maximum Gasteiger partial charge on any atom is 0.237 e. The van der Waals surface area contributed by atoms with Crippen LogP contribution in [0.3, 0.4) is 0 Å². The Hall–Kier alpha value is -1.57. The molecule has 2 aromatic rings. The van der Waals surface area contributed by atoms with E-state index in [1.54, 1.807) is 49.5 Å². The van der Waals surface area contributed by atoms with Crippen LogP contribution in [0.15, 0.2) is 53.0 Å². The van der Waals surface area contributed by atoms with Gasteiger partial charge in [0.2, 0.25) is 5.91 Å². The van der Waals surface area contributed by atoms with Crippen molar-refractivity contribution in [2.45, 2.75) is 5.75 Å². The van der Waals surface area contributed by atoms with E-state index < -0.39 is 21.5 Å². The number of amides is 1. The van der Waals surface area contributed by atoms with Gasteiger partial charge in [0, 0.05) is 16.5 Å². The van der Waals surface area contributed by atoms with Crippen molar-refractivity contribution in [1.29, 1.82) is 0 Å². The Balaban J connectivity index is 1.83. The van der Waals surface area contributed by atoms with E-state index in [2.05, 4.69) is 15.9 Å². The van der Waals surface area contributed by atoms with Gasteiger partial charge in [-0.05, 0) is 35.9 Å². The first-order chi connectivity index (χ1) is 12.2. The molecule has 26 heavy (non-hydrogen) atoms. The lowest BCUT2D eigenvalue weighted by atomic mass is 10.2. The van der Waals surface area contributed by atoms with E-state index >= 15 is 0 Å². The van der Waals surface area contributed by atoms with Gasteiger partial charge in [-0.1, -0.05) is 45.7 Å². The summed E-state index contributed by atoms with van der Waals surface area (Å²) in [7, 11) is -1.99. The van der Waals surface area contributed by atoms with Gasteiger partial charge in [0.15, 0.2) is 9.84 Å². The Bertz CT molecular complexity index is 873. The SMILES string of the molecule is CN(CCOc1cccc(Cl)c1)C(=O)CS(=O)(=O)Cc1cccc(Br)c1. The third kappa shape index (κ3) is 6.97. The minimum Gasteiger partial charge on any atom is -0.492 e. The zero-order valence-corrected chi connectivity index (χ0v) is 17.4. The molecule has 0 radical (unpaired) electrons. The number of nitrogens with zero attached hydrogens (tertiary/aromatic N) is 1. The van der Waals surface area contributed by atoms with Crippen LogP contribution in [0.4, 0.5) is 0 Å². The molecule has 0 fully saturated rings. The number of halogens is 2. The molecular weight excluding hydrogens is 442 g/mol. The van der Waals surface area contributed by atoms with Gasteiger partial charge in [-0.2, -0.15) is 0 Å². The van der Waals surface area contributed by atoms with E-state index in [0.717, 1.165) is 4.47 Å². The van der Waals surface area contributed by atoms with Crippen molar-refractivity contribution in [2.24, 2.45) is 0 Å². The quantitative estimate of drug-likeness (QED) is 0.604. The number of carbonyl (C=O) groups excluding carboxylic acids is 1. The predicted octanol–water partition coefficient (Wildman–Crippen LogP) is 3.55. The Morgan fingerprint density at radius 2 is 1.92 bits per heavy atom. The highest BCUT2D eigenvalue weighted by molar-refractivity contribution is 9.10. The van der Waals surface area contributed by atoms with Crippen LogP contribution in [0, 0.1) is 0 Å². The van der Waals surface area contributed by atoms with Gasteiger partial charge in [0.05, 0.1) is 12.3 Å². The molecular formula is C18H19BrClNO4S. The number of likely N-dealkylation sites (N-methyl/N-ethyl adjacent to an activating group) is 1. The zero-order chi connectivity index (χ0) is 19.2. The highest BCUT2D eigenvalue weighted by atomic mass is 79.9. The summed E-state index contributed by atoms with van der Waals surface area (Å²) in [4.78, 5) is 13.5. The van der Waals surface area contributed by atoms with Gasteiger partial charge in [-0.25, -0.2) is 8.42 Å². The minimum absolute atomic E-state index is 0.176. The first-order valence-electron chi connectivity index (χ1n) is 7.82. The van der Waals surface area contributed by atoms with Crippen molar-refractivity contribution < 1.29 is 17.9 Å². The molecule has 0 spiro atoms. The topological polar surface area (TPSA) is 63.7 Å². The lowest BCUT2D eigenvalue weighted by Gasteiger charge is -2.17. The lowest BCUT2D eigenvalue weighted by Crippen LogP contribution is -2.35. The van der Waals surface area contributed by atoms with Crippen molar-refractivity contribution >= 4 is 43.3 Å².